The summed E-state index contributed by atoms with van der Waals surface area (Å²) in [5.74, 6) is -1.54. The molecule has 2 aromatic rings. The minimum absolute atomic E-state index is 0.0588. The summed E-state index contributed by atoms with van der Waals surface area (Å²) in [5, 5.41) is 0. The number of sulfonamides is 1. The van der Waals surface area contributed by atoms with E-state index in [4.69, 9.17) is 0 Å². The number of nitrogens with one attached hydrogen (secondary N) is 1. The van der Waals surface area contributed by atoms with E-state index in [0.717, 1.165) is 6.26 Å². The van der Waals surface area contributed by atoms with Crippen molar-refractivity contribution < 1.29 is 22.0 Å². The zero-order chi connectivity index (χ0) is 20.8. The first-order valence-electron chi connectivity index (χ1n) is 9.54. The van der Waals surface area contributed by atoms with E-state index < -0.39 is 21.7 Å². The molecule has 1 saturated carbocycles. The van der Waals surface area contributed by atoms with E-state index in [1.54, 1.807) is 35.2 Å². The monoisotopic (exact) mass is 420 g/mol. The lowest BCUT2D eigenvalue weighted by molar-refractivity contribution is -0.131. The van der Waals surface area contributed by atoms with E-state index in [9.17, 15) is 22.0 Å². The van der Waals surface area contributed by atoms with Gasteiger partial charge < -0.3 is 4.90 Å². The molecular weight excluding hydrogens is 398 g/mol. The molecule has 0 bridgehead atoms. The zero-order valence-electron chi connectivity index (χ0n) is 15.9. The van der Waals surface area contributed by atoms with Crippen LogP contribution in [-0.2, 0) is 14.8 Å². The molecule has 5 nitrogen and oxygen atoms in total. The van der Waals surface area contributed by atoms with Gasteiger partial charge in [0.25, 0.3) is 0 Å². The number of amides is 1. The number of rotatable bonds is 5. The molecule has 1 heterocycles. The second-order valence-corrected chi connectivity index (χ2v) is 9.57. The molecule has 3 atom stereocenters. The Morgan fingerprint density at radius 1 is 1.10 bits per heavy atom. The fraction of sp³-hybridized carbons (Fsp3) is 0.381. The van der Waals surface area contributed by atoms with Gasteiger partial charge in [-0.2, -0.15) is 0 Å². The number of benzene rings is 2. The fourth-order valence-electron chi connectivity index (χ4n) is 4.20. The molecule has 0 aromatic heterocycles. The van der Waals surface area contributed by atoms with Gasteiger partial charge >= 0.3 is 0 Å². The Hall–Kier alpha value is -2.32. The van der Waals surface area contributed by atoms with Gasteiger partial charge in [-0.3, -0.25) is 4.79 Å². The van der Waals surface area contributed by atoms with Gasteiger partial charge in [0.05, 0.1) is 6.26 Å². The average molecular weight is 420 g/mol. The summed E-state index contributed by atoms with van der Waals surface area (Å²) in [4.78, 5) is 14.5. The lowest BCUT2D eigenvalue weighted by atomic mass is 9.95. The summed E-state index contributed by atoms with van der Waals surface area (Å²) in [7, 11) is -3.33. The maximum absolute atomic E-state index is 14.6. The minimum Gasteiger partial charge on any atom is -0.341 e. The summed E-state index contributed by atoms with van der Waals surface area (Å²) in [5.41, 5.74) is 1.04. The van der Waals surface area contributed by atoms with Crippen molar-refractivity contribution in [2.45, 2.75) is 24.8 Å². The van der Waals surface area contributed by atoms with Crippen molar-refractivity contribution >= 4 is 15.9 Å². The van der Waals surface area contributed by atoms with Crippen LogP contribution in [0, 0.1) is 17.6 Å². The first-order chi connectivity index (χ1) is 13.7. The average Bonchev–Trinajstić information content (AvgIpc) is 3.32. The minimum atomic E-state index is -3.33. The molecule has 1 aliphatic carbocycles. The second kappa shape index (κ2) is 7.50. The zero-order valence-corrected chi connectivity index (χ0v) is 16.8. The predicted octanol–water partition coefficient (Wildman–Crippen LogP) is 2.89. The summed E-state index contributed by atoms with van der Waals surface area (Å²) in [6.07, 6.45) is 2.24. The molecule has 29 heavy (non-hydrogen) atoms. The van der Waals surface area contributed by atoms with Crippen LogP contribution in [0.15, 0.2) is 42.5 Å². The molecule has 2 aliphatic rings. The third kappa shape index (κ3) is 4.18. The van der Waals surface area contributed by atoms with E-state index in [0.29, 0.717) is 31.5 Å². The Bertz CT molecular complexity index is 1060. The molecule has 2 aromatic carbocycles. The summed E-state index contributed by atoms with van der Waals surface area (Å²) in [6.45, 7) is 0.816. The van der Waals surface area contributed by atoms with Gasteiger partial charge in [0.1, 0.15) is 11.6 Å². The van der Waals surface area contributed by atoms with Gasteiger partial charge in [-0.25, -0.2) is 21.9 Å². The molecule has 154 valence electrons. The predicted molar refractivity (Wildman–Crippen MR) is 106 cm³/mol. The Labute approximate surface area is 168 Å². The Kier molecular flexibility index (Phi) is 5.16. The molecule has 4 rings (SSSR count). The molecule has 1 saturated heterocycles. The van der Waals surface area contributed by atoms with Crippen molar-refractivity contribution in [1.29, 1.82) is 0 Å². The van der Waals surface area contributed by atoms with Gasteiger partial charge in [0, 0.05) is 36.2 Å². The van der Waals surface area contributed by atoms with E-state index >= 15 is 0 Å². The van der Waals surface area contributed by atoms with Gasteiger partial charge in [-0.05, 0) is 36.5 Å². The van der Waals surface area contributed by atoms with Crippen LogP contribution >= 0.6 is 0 Å². The van der Waals surface area contributed by atoms with Crippen molar-refractivity contribution in [1.82, 2.24) is 9.62 Å². The topological polar surface area (TPSA) is 66.5 Å². The number of nitrogens with zero attached hydrogens (tertiary/aromatic N) is 1. The van der Waals surface area contributed by atoms with Crippen LogP contribution in [-0.4, -0.2) is 44.6 Å². The summed E-state index contributed by atoms with van der Waals surface area (Å²) >= 11 is 0. The van der Waals surface area contributed by atoms with E-state index in [1.807, 2.05) is 0 Å². The normalized spacial score (nSPS) is 24.0. The molecule has 1 N–H and O–H groups in total. The second-order valence-electron chi connectivity index (χ2n) is 7.79. The smallest absolute Gasteiger partial charge is 0.226 e. The number of hydrogen-bond donors (Lipinski definition) is 1. The van der Waals surface area contributed by atoms with E-state index in [-0.39, 0.29) is 34.9 Å². The highest BCUT2D eigenvalue weighted by Crippen LogP contribution is 2.52. The Balaban J connectivity index is 1.52. The first kappa shape index (κ1) is 20.0. The number of halogens is 2. The van der Waals surface area contributed by atoms with Crippen molar-refractivity contribution in [3.05, 3.63) is 59.7 Å². The number of hydrogen-bond acceptors (Lipinski definition) is 3. The molecule has 0 spiro atoms. The van der Waals surface area contributed by atoms with E-state index in [2.05, 4.69) is 4.72 Å². The van der Waals surface area contributed by atoms with Crippen molar-refractivity contribution in [3.63, 3.8) is 0 Å². The quantitative estimate of drug-likeness (QED) is 0.809. The SMILES string of the molecule is CS(=O)(=O)N[C@H]1CCN(C(=O)[C@@H]2C[C@H]2c2cccc(F)c2-c2ccccc2F)C1. The molecule has 0 unspecified atom stereocenters. The van der Waals surface area contributed by atoms with Gasteiger partial charge in [-0.15, -0.1) is 0 Å². The molecule has 1 amide bonds. The standard InChI is InChI=1S/C21H22F2N2O3S/c1-29(27,28)24-13-9-10-25(12-13)21(26)17-11-16(17)14-6-4-8-19(23)20(14)15-5-2-3-7-18(15)22/h2-8,13,16-17,24H,9-12H2,1H3/t13-,16-,17+/m0/s1. The lowest BCUT2D eigenvalue weighted by Crippen LogP contribution is -2.38. The van der Waals surface area contributed by atoms with Crippen LogP contribution < -0.4 is 4.72 Å². The highest BCUT2D eigenvalue weighted by molar-refractivity contribution is 7.88. The third-order valence-corrected chi connectivity index (χ3v) is 6.34. The van der Waals surface area contributed by atoms with E-state index in [1.165, 1.54) is 12.1 Å². The highest BCUT2D eigenvalue weighted by atomic mass is 32.2. The van der Waals surface area contributed by atoms with Crippen LogP contribution in [0.4, 0.5) is 8.78 Å². The summed E-state index contributed by atoms with van der Waals surface area (Å²) in [6, 6.07) is 10.4. The van der Waals surface area contributed by atoms with Gasteiger partial charge in [-0.1, -0.05) is 30.3 Å². The molecule has 2 fully saturated rings. The third-order valence-electron chi connectivity index (χ3n) is 5.58. The Morgan fingerprint density at radius 2 is 1.83 bits per heavy atom. The maximum Gasteiger partial charge on any atom is 0.226 e. The molecular formula is C21H22F2N2O3S. The largest absolute Gasteiger partial charge is 0.341 e. The fourth-order valence-corrected chi connectivity index (χ4v) is 5.00. The maximum atomic E-state index is 14.6. The van der Waals surface area contributed by atoms with Crippen LogP contribution in [0.1, 0.15) is 24.3 Å². The van der Waals surface area contributed by atoms with Crippen molar-refractivity contribution in [2.75, 3.05) is 19.3 Å². The van der Waals surface area contributed by atoms with Gasteiger partial charge in [0.2, 0.25) is 15.9 Å². The number of likely N-dealkylation sites (tertiary alicyclic amines) is 1. The molecule has 0 radical (unpaired) electrons. The van der Waals surface area contributed by atoms with Gasteiger partial charge in [0.15, 0.2) is 0 Å². The van der Waals surface area contributed by atoms with Crippen LogP contribution in [0.25, 0.3) is 11.1 Å². The highest BCUT2D eigenvalue weighted by Gasteiger charge is 2.48. The van der Waals surface area contributed by atoms with Crippen LogP contribution in [0.2, 0.25) is 0 Å². The lowest BCUT2D eigenvalue weighted by Gasteiger charge is -2.17. The number of carbonyl (C=O) groups is 1. The van der Waals surface area contributed by atoms with Crippen molar-refractivity contribution in [3.8, 4) is 11.1 Å². The molecule has 1 aliphatic heterocycles. The first-order valence-corrected chi connectivity index (χ1v) is 11.4. The number of carbonyl (C=O) groups excluding carboxylic acids is 1. The van der Waals surface area contributed by atoms with Crippen LogP contribution in [0.5, 0.6) is 0 Å². The Morgan fingerprint density at radius 3 is 2.55 bits per heavy atom. The van der Waals surface area contributed by atoms with Crippen LogP contribution in [0.3, 0.4) is 0 Å². The van der Waals surface area contributed by atoms with Crippen molar-refractivity contribution in [2.24, 2.45) is 5.92 Å². The molecule has 8 heteroatoms. The summed E-state index contributed by atoms with van der Waals surface area (Å²) < 4.78 is 54.2.